The van der Waals surface area contributed by atoms with Crippen molar-refractivity contribution in [1.82, 2.24) is 20.0 Å². The lowest BCUT2D eigenvalue weighted by Crippen LogP contribution is -2.51. The number of imidazole rings is 1. The van der Waals surface area contributed by atoms with Gasteiger partial charge in [0.2, 0.25) is 5.91 Å². The van der Waals surface area contributed by atoms with Gasteiger partial charge < -0.3 is 19.8 Å². The van der Waals surface area contributed by atoms with Crippen LogP contribution in [0, 0.1) is 5.92 Å². The molecule has 7 nitrogen and oxygen atoms in total. The van der Waals surface area contributed by atoms with E-state index in [1.807, 2.05) is 48.8 Å². The summed E-state index contributed by atoms with van der Waals surface area (Å²) in [5, 5.41) is 5.56. The first-order valence-corrected chi connectivity index (χ1v) is 9.35. The predicted molar refractivity (Wildman–Crippen MR) is 105 cm³/mol. The molecule has 0 aromatic carbocycles. The molecule has 1 atom stereocenters. The number of amides is 2. The van der Waals surface area contributed by atoms with Gasteiger partial charge in [0, 0.05) is 19.2 Å². The lowest BCUT2D eigenvalue weighted by Gasteiger charge is -2.25. The standard InChI is InChI=1S/C20H30N4O3/c1-14(2)17(23-19(26)27-20(3,4)5)18(25)21-11-8-10-16-22-13-15-9-6-7-12-24(15)16/h6-7,9,12-14,17H,8,10-11H2,1-5H3,(H,21,25)(H,23,26). The topological polar surface area (TPSA) is 84.7 Å². The molecule has 0 aliphatic heterocycles. The molecule has 148 valence electrons. The largest absolute Gasteiger partial charge is 0.444 e. The second kappa shape index (κ2) is 8.88. The average Bonchev–Trinajstić information content (AvgIpc) is 2.98. The van der Waals surface area contributed by atoms with Crippen LogP contribution >= 0.6 is 0 Å². The number of rotatable bonds is 7. The zero-order chi connectivity index (χ0) is 20.0. The summed E-state index contributed by atoms with van der Waals surface area (Å²) in [6, 6.07) is 5.32. The molecule has 0 bridgehead atoms. The summed E-state index contributed by atoms with van der Waals surface area (Å²) < 4.78 is 7.29. The van der Waals surface area contributed by atoms with Crippen molar-refractivity contribution in [1.29, 1.82) is 0 Å². The number of pyridine rings is 1. The Morgan fingerprint density at radius 1 is 1.26 bits per heavy atom. The minimum atomic E-state index is -0.632. The molecule has 0 spiro atoms. The molecule has 2 heterocycles. The third kappa shape index (κ3) is 6.27. The first-order valence-electron chi connectivity index (χ1n) is 9.35. The van der Waals surface area contributed by atoms with Crippen molar-refractivity contribution in [2.24, 2.45) is 5.92 Å². The Balaban J connectivity index is 1.82. The Bertz CT molecular complexity index is 777. The van der Waals surface area contributed by atoms with Gasteiger partial charge in [-0.25, -0.2) is 9.78 Å². The summed E-state index contributed by atoms with van der Waals surface area (Å²) in [6.07, 6.45) is 4.75. The molecule has 0 saturated carbocycles. The summed E-state index contributed by atoms with van der Waals surface area (Å²) >= 11 is 0. The van der Waals surface area contributed by atoms with Gasteiger partial charge in [0.05, 0.1) is 11.7 Å². The van der Waals surface area contributed by atoms with Crippen molar-refractivity contribution in [3.05, 3.63) is 36.4 Å². The highest BCUT2D eigenvalue weighted by atomic mass is 16.6. The van der Waals surface area contributed by atoms with Crippen LogP contribution in [0.2, 0.25) is 0 Å². The highest BCUT2D eigenvalue weighted by Crippen LogP contribution is 2.10. The molecule has 7 heteroatoms. The zero-order valence-electron chi connectivity index (χ0n) is 16.8. The smallest absolute Gasteiger partial charge is 0.408 e. The van der Waals surface area contributed by atoms with E-state index >= 15 is 0 Å². The van der Waals surface area contributed by atoms with Crippen LogP contribution in [-0.4, -0.2) is 39.6 Å². The molecule has 1 unspecified atom stereocenters. The molecule has 0 saturated heterocycles. The number of hydrogen-bond donors (Lipinski definition) is 2. The van der Waals surface area contributed by atoms with Crippen LogP contribution in [0.15, 0.2) is 30.6 Å². The molecule has 0 aliphatic carbocycles. The van der Waals surface area contributed by atoms with Crippen LogP contribution < -0.4 is 10.6 Å². The normalized spacial score (nSPS) is 12.8. The summed E-state index contributed by atoms with van der Waals surface area (Å²) in [7, 11) is 0. The van der Waals surface area contributed by atoms with Crippen molar-refractivity contribution in [3.8, 4) is 0 Å². The number of nitrogens with zero attached hydrogens (tertiary/aromatic N) is 2. The molecule has 0 radical (unpaired) electrons. The number of aryl methyl sites for hydroxylation is 1. The van der Waals surface area contributed by atoms with E-state index in [4.69, 9.17) is 4.74 Å². The molecule has 2 aromatic heterocycles. The minimum Gasteiger partial charge on any atom is -0.444 e. The quantitative estimate of drug-likeness (QED) is 0.730. The number of nitrogens with one attached hydrogen (secondary N) is 2. The van der Waals surface area contributed by atoms with Crippen LogP contribution in [0.4, 0.5) is 4.79 Å². The SMILES string of the molecule is CC(C)C(NC(=O)OC(C)(C)C)C(=O)NCCCc1ncc2ccccn12. The molecular weight excluding hydrogens is 344 g/mol. The van der Waals surface area contributed by atoms with Gasteiger partial charge >= 0.3 is 6.09 Å². The predicted octanol–water partition coefficient (Wildman–Crippen LogP) is 2.93. The van der Waals surface area contributed by atoms with Gasteiger partial charge in [-0.2, -0.15) is 0 Å². The molecular formula is C20H30N4O3. The van der Waals surface area contributed by atoms with Gasteiger partial charge in [-0.15, -0.1) is 0 Å². The highest BCUT2D eigenvalue weighted by Gasteiger charge is 2.26. The van der Waals surface area contributed by atoms with E-state index in [0.29, 0.717) is 6.54 Å². The molecule has 0 fully saturated rings. The first-order chi connectivity index (χ1) is 12.7. The van der Waals surface area contributed by atoms with Gasteiger partial charge in [0.25, 0.3) is 0 Å². The lowest BCUT2D eigenvalue weighted by atomic mass is 10.0. The number of aromatic nitrogens is 2. The van der Waals surface area contributed by atoms with E-state index < -0.39 is 17.7 Å². The number of ether oxygens (including phenoxy) is 1. The van der Waals surface area contributed by atoms with E-state index in [-0.39, 0.29) is 11.8 Å². The van der Waals surface area contributed by atoms with Crippen LogP contribution in [0.5, 0.6) is 0 Å². The number of fused-ring (bicyclic) bond motifs is 1. The van der Waals surface area contributed by atoms with Crippen molar-refractivity contribution in [2.45, 2.75) is 59.1 Å². The zero-order valence-corrected chi connectivity index (χ0v) is 16.8. The Labute approximate surface area is 160 Å². The number of alkyl carbamates (subject to hydrolysis) is 1. The van der Waals surface area contributed by atoms with Crippen molar-refractivity contribution >= 4 is 17.5 Å². The summed E-state index contributed by atoms with van der Waals surface area (Å²) in [5.74, 6) is 0.713. The van der Waals surface area contributed by atoms with E-state index in [1.54, 1.807) is 20.8 Å². The summed E-state index contributed by atoms with van der Waals surface area (Å²) in [5.41, 5.74) is 0.452. The Hall–Kier alpha value is -2.57. The number of carbonyl (C=O) groups excluding carboxylic acids is 2. The number of hydrogen-bond acceptors (Lipinski definition) is 4. The molecule has 2 amide bonds. The maximum atomic E-state index is 12.5. The van der Waals surface area contributed by atoms with E-state index in [0.717, 1.165) is 24.2 Å². The van der Waals surface area contributed by atoms with Crippen LogP contribution in [0.3, 0.4) is 0 Å². The third-order valence-corrected chi connectivity index (χ3v) is 4.01. The lowest BCUT2D eigenvalue weighted by molar-refractivity contribution is -0.124. The van der Waals surface area contributed by atoms with Gasteiger partial charge in [-0.3, -0.25) is 4.79 Å². The molecule has 2 aromatic rings. The number of carbonyl (C=O) groups is 2. The monoisotopic (exact) mass is 374 g/mol. The molecule has 2 N–H and O–H groups in total. The Morgan fingerprint density at radius 3 is 2.67 bits per heavy atom. The fraction of sp³-hybridized carbons (Fsp3) is 0.550. The second-order valence-corrected chi connectivity index (χ2v) is 7.93. The average molecular weight is 374 g/mol. The third-order valence-electron chi connectivity index (χ3n) is 4.01. The van der Waals surface area contributed by atoms with Gasteiger partial charge in [-0.05, 0) is 45.2 Å². The highest BCUT2D eigenvalue weighted by molar-refractivity contribution is 5.85. The maximum Gasteiger partial charge on any atom is 0.408 e. The maximum absolute atomic E-state index is 12.5. The fourth-order valence-corrected chi connectivity index (χ4v) is 2.72. The van der Waals surface area contributed by atoms with Crippen molar-refractivity contribution in [2.75, 3.05) is 6.54 Å². The van der Waals surface area contributed by atoms with Gasteiger partial charge in [0.1, 0.15) is 17.5 Å². The molecule has 2 rings (SSSR count). The van der Waals surface area contributed by atoms with Crippen molar-refractivity contribution < 1.29 is 14.3 Å². The molecule has 27 heavy (non-hydrogen) atoms. The second-order valence-electron chi connectivity index (χ2n) is 7.93. The van der Waals surface area contributed by atoms with E-state index in [1.165, 1.54) is 0 Å². The van der Waals surface area contributed by atoms with Crippen LogP contribution in [0.1, 0.15) is 46.9 Å². The Kier molecular flexibility index (Phi) is 6.82. The molecule has 0 aliphatic rings. The van der Waals surface area contributed by atoms with Gasteiger partial charge in [0.15, 0.2) is 0 Å². The van der Waals surface area contributed by atoms with Crippen LogP contribution in [-0.2, 0) is 16.0 Å². The minimum absolute atomic E-state index is 0.0474. The summed E-state index contributed by atoms with van der Waals surface area (Å²) in [6.45, 7) is 9.65. The van der Waals surface area contributed by atoms with E-state index in [9.17, 15) is 9.59 Å². The summed E-state index contributed by atoms with van der Waals surface area (Å²) in [4.78, 5) is 28.8. The van der Waals surface area contributed by atoms with Crippen LogP contribution in [0.25, 0.3) is 5.52 Å². The van der Waals surface area contributed by atoms with Gasteiger partial charge in [-0.1, -0.05) is 19.9 Å². The van der Waals surface area contributed by atoms with Crippen molar-refractivity contribution in [3.63, 3.8) is 0 Å². The van der Waals surface area contributed by atoms with E-state index in [2.05, 4.69) is 15.6 Å². The first kappa shape index (κ1) is 20.7. The fourth-order valence-electron chi connectivity index (χ4n) is 2.72. The Morgan fingerprint density at radius 2 is 2.00 bits per heavy atom.